The fraction of sp³-hybridized carbons (Fsp3) is 0.261. The Labute approximate surface area is 158 Å². The van der Waals surface area contributed by atoms with Gasteiger partial charge in [-0.05, 0) is 58.9 Å². The van der Waals surface area contributed by atoms with Gasteiger partial charge in [0.2, 0.25) is 5.91 Å². The first-order chi connectivity index (χ1) is 13.1. The van der Waals surface area contributed by atoms with Crippen LogP contribution in [0.25, 0.3) is 10.8 Å². The Kier molecular flexibility index (Phi) is 4.82. The number of aromatic hydroxyl groups is 1. The molecule has 3 aromatic rings. The summed E-state index contributed by atoms with van der Waals surface area (Å²) in [6.07, 6.45) is 1.67. The van der Waals surface area contributed by atoms with Gasteiger partial charge in [-0.1, -0.05) is 48.5 Å². The quantitative estimate of drug-likeness (QED) is 0.662. The summed E-state index contributed by atoms with van der Waals surface area (Å²) in [5.41, 5.74) is 2.56. The first-order valence-corrected chi connectivity index (χ1v) is 9.38. The molecule has 0 bridgehead atoms. The molecular formula is C23H23NO3. The maximum atomic E-state index is 12.7. The Morgan fingerprint density at radius 3 is 2.74 bits per heavy atom. The number of nitrogens with one attached hydrogen (secondary N) is 1. The monoisotopic (exact) mass is 361 g/mol. The number of amides is 1. The lowest BCUT2D eigenvalue weighted by Crippen LogP contribution is -2.34. The fourth-order valence-corrected chi connectivity index (χ4v) is 3.96. The number of hydrogen-bond donors (Lipinski definition) is 3. The van der Waals surface area contributed by atoms with Crippen molar-refractivity contribution in [2.24, 2.45) is 0 Å². The van der Waals surface area contributed by atoms with Gasteiger partial charge in [-0.25, -0.2) is 0 Å². The molecule has 0 aromatic heterocycles. The Hall–Kier alpha value is -2.85. The van der Waals surface area contributed by atoms with E-state index in [4.69, 9.17) is 0 Å². The van der Waals surface area contributed by atoms with Gasteiger partial charge in [0.05, 0.1) is 12.0 Å². The maximum absolute atomic E-state index is 12.7. The molecule has 1 aliphatic rings. The second kappa shape index (κ2) is 7.41. The van der Waals surface area contributed by atoms with E-state index in [-0.39, 0.29) is 24.1 Å². The van der Waals surface area contributed by atoms with Gasteiger partial charge >= 0.3 is 0 Å². The molecule has 3 aromatic carbocycles. The van der Waals surface area contributed by atoms with Gasteiger partial charge in [0, 0.05) is 6.54 Å². The zero-order chi connectivity index (χ0) is 18.8. The minimum Gasteiger partial charge on any atom is -0.508 e. The van der Waals surface area contributed by atoms with E-state index in [1.165, 1.54) is 0 Å². The number of aliphatic hydroxyl groups is 1. The molecule has 0 saturated heterocycles. The second-order valence-electron chi connectivity index (χ2n) is 7.16. The summed E-state index contributed by atoms with van der Waals surface area (Å²) in [7, 11) is 0. The van der Waals surface area contributed by atoms with Gasteiger partial charge in [0.15, 0.2) is 0 Å². The van der Waals surface area contributed by atoms with E-state index in [9.17, 15) is 15.0 Å². The second-order valence-corrected chi connectivity index (χ2v) is 7.16. The fourth-order valence-electron chi connectivity index (χ4n) is 3.96. The van der Waals surface area contributed by atoms with Gasteiger partial charge in [-0.2, -0.15) is 0 Å². The van der Waals surface area contributed by atoms with Crippen LogP contribution in [-0.4, -0.2) is 22.7 Å². The largest absolute Gasteiger partial charge is 0.508 e. The Bertz CT molecular complexity index is 982. The van der Waals surface area contributed by atoms with E-state index in [0.29, 0.717) is 0 Å². The third-order valence-corrected chi connectivity index (χ3v) is 5.43. The molecule has 0 spiro atoms. The number of hydrogen-bond acceptors (Lipinski definition) is 3. The van der Waals surface area contributed by atoms with Crippen LogP contribution >= 0.6 is 0 Å². The molecule has 4 nitrogen and oxygen atoms in total. The van der Waals surface area contributed by atoms with E-state index in [0.717, 1.165) is 46.7 Å². The summed E-state index contributed by atoms with van der Waals surface area (Å²) >= 11 is 0. The molecule has 138 valence electrons. The highest BCUT2D eigenvalue weighted by atomic mass is 16.3. The van der Waals surface area contributed by atoms with Crippen LogP contribution in [-0.2, 0) is 11.2 Å². The third-order valence-electron chi connectivity index (χ3n) is 5.43. The van der Waals surface area contributed by atoms with Gasteiger partial charge < -0.3 is 15.5 Å². The van der Waals surface area contributed by atoms with E-state index < -0.39 is 6.10 Å². The number of benzene rings is 3. The van der Waals surface area contributed by atoms with E-state index >= 15 is 0 Å². The molecule has 27 heavy (non-hydrogen) atoms. The summed E-state index contributed by atoms with van der Waals surface area (Å²) in [4.78, 5) is 12.7. The minimum atomic E-state index is -0.759. The van der Waals surface area contributed by atoms with Crippen LogP contribution in [0.1, 0.15) is 41.6 Å². The molecule has 2 atom stereocenters. The van der Waals surface area contributed by atoms with Crippen molar-refractivity contribution in [1.29, 1.82) is 0 Å². The predicted octanol–water partition coefficient (Wildman–Crippen LogP) is 3.82. The lowest BCUT2D eigenvalue weighted by atomic mass is 9.82. The predicted molar refractivity (Wildman–Crippen MR) is 106 cm³/mol. The number of carbonyl (C=O) groups excluding carboxylic acids is 1. The molecule has 1 amide bonds. The van der Waals surface area contributed by atoms with Crippen LogP contribution in [0.2, 0.25) is 0 Å². The van der Waals surface area contributed by atoms with Crippen molar-refractivity contribution >= 4 is 16.7 Å². The first-order valence-electron chi connectivity index (χ1n) is 9.38. The molecule has 0 radical (unpaired) electrons. The first kappa shape index (κ1) is 17.6. The number of carbonyl (C=O) groups is 1. The molecule has 4 heteroatoms. The number of aliphatic hydroxyl groups excluding tert-OH is 1. The molecular weight excluding hydrogens is 338 g/mol. The van der Waals surface area contributed by atoms with Crippen LogP contribution < -0.4 is 5.32 Å². The number of phenolic OH excluding ortho intramolecular Hbond substituents is 1. The Morgan fingerprint density at radius 1 is 1.07 bits per heavy atom. The van der Waals surface area contributed by atoms with E-state index in [1.54, 1.807) is 12.1 Å². The normalized spacial score (nSPS) is 17.3. The van der Waals surface area contributed by atoms with Gasteiger partial charge in [-0.3, -0.25) is 4.79 Å². The molecule has 0 aliphatic heterocycles. The number of phenols is 1. The third kappa shape index (κ3) is 3.53. The van der Waals surface area contributed by atoms with Crippen molar-refractivity contribution in [3.8, 4) is 5.75 Å². The van der Waals surface area contributed by atoms with Crippen LogP contribution in [0.5, 0.6) is 5.75 Å². The summed E-state index contributed by atoms with van der Waals surface area (Å²) in [5, 5.41) is 25.6. The zero-order valence-corrected chi connectivity index (χ0v) is 15.1. The summed E-state index contributed by atoms with van der Waals surface area (Å²) in [5.74, 6) is -0.104. The Balaban J connectivity index is 1.45. The number of fused-ring (bicyclic) bond motifs is 2. The van der Waals surface area contributed by atoms with Crippen molar-refractivity contribution in [2.45, 2.75) is 31.3 Å². The molecule has 0 heterocycles. The average molecular weight is 361 g/mol. The highest BCUT2D eigenvalue weighted by Crippen LogP contribution is 2.36. The van der Waals surface area contributed by atoms with Crippen molar-refractivity contribution in [3.63, 3.8) is 0 Å². The molecule has 0 saturated carbocycles. The smallest absolute Gasteiger partial charge is 0.227 e. The molecule has 3 N–H and O–H groups in total. The average Bonchev–Trinajstić information content (AvgIpc) is 2.71. The molecule has 2 unspecified atom stereocenters. The highest BCUT2D eigenvalue weighted by molar-refractivity contribution is 5.85. The van der Waals surface area contributed by atoms with Crippen molar-refractivity contribution < 1.29 is 15.0 Å². The van der Waals surface area contributed by atoms with E-state index in [2.05, 4.69) is 5.32 Å². The van der Waals surface area contributed by atoms with Crippen LogP contribution in [0.4, 0.5) is 0 Å². The van der Waals surface area contributed by atoms with Crippen LogP contribution in [0.3, 0.4) is 0 Å². The van der Waals surface area contributed by atoms with E-state index in [1.807, 2.05) is 48.5 Å². The summed E-state index contributed by atoms with van der Waals surface area (Å²) in [6.45, 7) is 0.168. The lowest BCUT2D eigenvalue weighted by molar-refractivity contribution is -0.123. The van der Waals surface area contributed by atoms with Crippen LogP contribution in [0, 0.1) is 0 Å². The van der Waals surface area contributed by atoms with Crippen molar-refractivity contribution in [2.75, 3.05) is 6.54 Å². The van der Waals surface area contributed by atoms with Crippen molar-refractivity contribution in [1.82, 2.24) is 5.32 Å². The van der Waals surface area contributed by atoms with Gasteiger partial charge in [-0.15, -0.1) is 0 Å². The highest BCUT2D eigenvalue weighted by Gasteiger charge is 2.28. The standard InChI is InChI=1S/C23H23NO3/c25-21-10-4-7-18-19(21)8-3-9-20(18)23(27)24-14-22(26)17-12-11-15-5-1-2-6-16(15)13-17/h1-2,4-7,10-13,20,22,25-26H,3,8-9,14H2,(H,24,27). The van der Waals surface area contributed by atoms with Crippen LogP contribution in [0.15, 0.2) is 60.7 Å². The Morgan fingerprint density at radius 2 is 1.89 bits per heavy atom. The maximum Gasteiger partial charge on any atom is 0.227 e. The SMILES string of the molecule is O=C(NCC(O)c1ccc2ccccc2c1)C1CCCc2c(O)cccc21. The lowest BCUT2D eigenvalue weighted by Gasteiger charge is -2.25. The zero-order valence-electron chi connectivity index (χ0n) is 15.1. The molecule has 0 fully saturated rings. The summed E-state index contributed by atoms with van der Waals surface area (Å²) in [6, 6.07) is 19.2. The van der Waals surface area contributed by atoms with Gasteiger partial charge in [0.1, 0.15) is 5.75 Å². The van der Waals surface area contributed by atoms with Crippen molar-refractivity contribution in [3.05, 3.63) is 77.4 Å². The summed E-state index contributed by atoms with van der Waals surface area (Å²) < 4.78 is 0. The molecule has 1 aliphatic carbocycles. The topological polar surface area (TPSA) is 69.6 Å². The minimum absolute atomic E-state index is 0.0959. The van der Waals surface area contributed by atoms with Gasteiger partial charge in [0.25, 0.3) is 0 Å². The number of rotatable bonds is 4. The molecule has 4 rings (SSSR count).